The number of ether oxygens (including phenoxy) is 1. The number of nitrogens with one attached hydrogen (secondary N) is 1. The highest BCUT2D eigenvalue weighted by molar-refractivity contribution is 6.33. The number of carbonyl (C=O) groups is 2. The number of hydrogen-bond acceptors (Lipinski definition) is 6. The van der Waals surface area contributed by atoms with Crippen LogP contribution in [0.2, 0.25) is 5.02 Å². The summed E-state index contributed by atoms with van der Waals surface area (Å²) in [6.45, 7) is 3.56. The van der Waals surface area contributed by atoms with E-state index in [1.165, 1.54) is 17.4 Å². The zero-order chi connectivity index (χ0) is 22.8. The van der Waals surface area contributed by atoms with E-state index >= 15 is 0 Å². The molecule has 0 saturated heterocycles. The molecule has 0 spiro atoms. The number of hydrogen-bond donors (Lipinski definition) is 1. The monoisotopic (exact) mass is 453 g/mol. The molecular formula is C22H20ClN5O4. The first-order valence-corrected chi connectivity index (χ1v) is 10.1. The fourth-order valence-electron chi connectivity index (χ4n) is 2.96. The summed E-state index contributed by atoms with van der Waals surface area (Å²) in [4.78, 5) is 34.6. The summed E-state index contributed by atoms with van der Waals surface area (Å²) in [5.74, 6) is 0.252. The van der Waals surface area contributed by atoms with Crippen molar-refractivity contribution in [3.63, 3.8) is 0 Å². The summed E-state index contributed by atoms with van der Waals surface area (Å²) in [5, 5.41) is 3.23. The van der Waals surface area contributed by atoms with Gasteiger partial charge in [0.25, 0.3) is 5.91 Å². The van der Waals surface area contributed by atoms with Gasteiger partial charge in [-0.25, -0.2) is 14.8 Å². The number of halogens is 1. The Balaban J connectivity index is 1.62. The zero-order valence-corrected chi connectivity index (χ0v) is 18.3. The van der Waals surface area contributed by atoms with Gasteiger partial charge in [0.15, 0.2) is 5.76 Å². The van der Waals surface area contributed by atoms with E-state index < -0.39 is 6.09 Å². The Bertz CT molecular complexity index is 1280. The molecule has 0 unspecified atom stereocenters. The first kappa shape index (κ1) is 21.4. The smallest absolute Gasteiger partial charge is 0.414 e. The summed E-state index contributed by atoms with van der Waals surface area (Å²) < 4.78 is 12.0. The molecule has 0 aliphatic rings. The van der Waals surface area contributed by atoms with Crippen LogP contribution in [0.25, 0.3) is 17.0 Å². The van der Waals surface area contributed by atoms with Gasteiger partial charge < -0.3 is 14.5 Å². The minimum Gasteiger partial charge on any atom is -0.459 e. The summed E-state index contributed by atoms with van der Waals surface area (Å²) >= 11 is 6.40. The highest BCUT2D eigenvalue weighted by Gasteiger charge is 2.17. The van der Waals surface area contributed by atoms with E-state index in [2.05, 4.69) is 15.3 Å². The number of carbonyl (C=O) groups excluding carboxylic acids is 2. The van der Waals surface area contributed by atoms with Crippen LogP contribution in [-0.4, -0.2) is 39.5 Å². The van der Waals surface area contributed by atoms with Gasteiger partial charge in [-0.15, -0.1) is 0 Å². The molecule has 1 N–H and O–H groups in total. The van der Waals surface area contributed by atoms with E-state index in [0.717, 1.165) is 0 Å². The molecule has 2 amide bonds. The number of furan rings is 1. The quantitative estimate of drug-likeness (QED) is 0.462. The number of rotatable bonds is 5. The lowest BCUT2D eigenvalue weighted by Gasteiger charge is -2.18. The fourth-order valence-corrected chi connectivity index (χ4v) is 3.18. The van der Waals surface area contributed by atoms with Crippen LogP contribution in [0, 0.1) is 0 Å². The highest BCUT2D eigenvalue weighted by Crippen LogP contribution is 2.30. The molecule has 3 aromatic heterocycles. The van der Waals surface area contributed by atoms with Crippen molar-refractivity contribution in [1.82, 2.24) is 14.4 Å². The van der Waals surface area contributed by atoms with Crippen molar-refractivity contribution in [2.24, 2.45) is 0 Å². The third-order valence-electron chi connectivity index (χ3n) is 4.54. The fraction of sp³-hybridized carbons (Fsp3) is 0.182. The first-order chi connectivity index (χ1) is 15.3. The van der Waals surface area contributed by atoms with Crippen molar-refractivity contribution in [3.05, 3.63) is 66.0 Å². The van der Waals surface area contributed by atoms with E-state index in [9.17, 15) is 9.59 Å². The standard InChI is InChI=1S/C22H20ClN5O4/c1-13(2)32-22(30)27(3)15-10-24-21-26-18(12-28(21)11-15)16-9-14(6-7-17(16)23)25-20(29)19-5-4-8-31-19/h4-13H,1-3H3,(H,25,29). The van der Waals surface area contributed by atoms with E-state index in [-0.39, 0.29) is 17.8 Å². The Labute approximate surface area is 188 Å². The lowest BCUT2D eigenvalue weighted by Crippen LogP contribution is -2.29. The van der Waals surface area contributed by atoms with Crippen LogP contribution in [0.5, 0.6) is 0 Å². The van der Waals surface area contributed by atoms with E-state index in [0.29, 0.717) is 33.4 Å². The number of benzene rings is 1. The molecule has 0 bridgehead atoms. The number of anilines is 2. The second-order valence-corrected chi connectivity index (χ2v) is 7.67. The molecule has 3 heterocycles. The molecule has 0 atom stereocenters. The minimum atomic E-state index is -0.482. The van der Waals surface area contributed by atoms with Gasteiger partial charge in [-0.1, -0.05) is 11.6 Å². The van der Waals surface area contributed by atoms with Crippen molar-refractivity contribution in [2.45, 2.75) is 20.0 Å². The summed E-state index contributed by atoms with van der Waals surface area (Å²) in [5.41, 5.74) is 2.25. The zero-order valence-electron chi connectivity index (χ0n) is 17.6. The molecule has 4 aromatic rings. The SMILES string of the molecule is CC(C)OC(=O)N(C)c1cnc2nc(-c3cc(NC(=O)c4ccco4)ccc3Cl)cn2c1. The van der Waals surface area contributed by atoms with Gasteiger partial charge in [0.2, 0.25) is 5.78 Å². The van der Waals surface area contributed by atoms with Crippen molar-refractivity contribution >= 4 is 40.8 Å². The maximum Gasteiger partial charge on any atom is 0.414 e. The Kier molecular flexibility index (Phi) is 5.83. The summed E-state index contributed by atoms with van der Waals surface area (Å²) in [6, 6.07) is 8.30. The molecule has 0 fully saturated rings. The Morgan fingerprint density at radius 1 is 1.25 bits per heavy atom. The molecule has 0 aliphatic carbocycles. The molecule has 164 valence electrons. The summed E-state index contributed by atoms with van der Waals surface area (Å²) in [7, 11) is 1.60. The van der Waals surface area contributed by atoms with Crippen LogP contribution in [0.3, 0.4) is 0 Å². The first-order valence-electron chi connectivity index (χ1n) is 9.75. The van der Waals surface area contributed by atoms with Crippen molar-refractivity contribution in [3.8, 4) is 11.3 Å². The average molecular weight is 454 g/mol. The van der Waals surface area contributed by atoms with Crippen LogP contribution in [0.4, 0.5) is 16.2 Å². The highest BCUT2D eigenvalue weighted by atomic mass is 35.5. The van der Waals surface area contributed by atoms with Crippen molar-refractivity contribution in [1.29, 1.82) is 0 Å². The average Bonchev–Trinajstić information content (AvgIpc) is 3.43. The minimum absolute atomic E-state index is 0.200. The van der Waals surface area contributed by atoms with Gasteiger partial charge in [0.05, 0.1) is 35.0 Å². The van der Waals surface area contributed by atoms with Gasteiger partial charge in [0.1, 0.15) is 0 Å². The lowest BCUT2D eigenvalue weighted by molar-refractivity contribution is 0.0996. The van der Waals surface area contributed by atoms with Gasteiger partial charge in [-0.3, -0.25) is 14.1 Å². The second-order valence-electron chi connectivity index (χ2n) is 7.26. The maximum atomic E-state index is 12.3. The van der Waals surface area contributed by atoms with Crippen molar-refractivity contribution in [2.75, 3.05) is 17.3 Å². The van der Waals surface area contributed by atoms with Crippen LogP contribution in [-0.2, 0) is 4.74 Å². The van der Waals surface area contributed by atoms with E-state index in [1.54, 1.807) is 68.0 Å². The number of nitrogens with zero attached hydrogens (tertiary/aromatic N) is 4. The lowest BCUT2D eigenvalue weighted by atomic mass is 10.1. The molecule has 9 nitrogen and oxygen atoms in total. The molecular weight excluding hydrogens is 434 g/mol. The predicted molar refractivity (Wildman–Crippen MR) is 120 cm³/mol. The van der Waals surface area contributed by atoms with Crippen LogP contribution in [0.15, 0.2) is 59.6 Å². The number of aromatic nitrogens is 3. The van der Waals surface area contributed by atoms with Crippen LogP contribution < -0.4 is 10.2 Å². The molecule has 0 aliphatic heterocycles. The van der Waals surface area contributed by atoms with E-state index in [4.69, 9.17) is 20.8 Å². The second kappa shape index (κ2) is 8.72. The van der Waals surface area contributed by atoms with Gasteiger partial charge in [-0.05, 0) is 44.2 Å². The van der Waals surface area contributed by atoms with Gasteiger partial charge in [0, 0.05) is 30.7 Å². The van der Waals surface area contributed by atoms with Crippen LogP contribution >= 0.6 is 11.6 Å². The normalized spacial score (nSPS) is 11.0. The van der Waals surface area contributed by atoms with Crippen molar-refractivity contribution < 1.29 is 18.7 Å². The number of fused-ring (bicyclic) bond motifs is 1. The third-order valence-corrected chi connectivity index (χ3v) is 4.87. The number of amides is 2. The summed E-state index contributed by atoms with van der Waals surface area (Å²) in [6.07, 6.45) is 5.72. The molecule has 4 rings (SSSR count). The molecule has 10 heteroatoms. The number of imidazole rings is 1. The van der Waals surface area contributed by atoms with Gasteiger partial charge >= 0.3 is 6.09 Å². The maximum absolute atomic E-state index is 12.3. The molecule has 32 heavy (non-hydrogen) atoms. The topological polar surface area (TPSA) is 102 Å². The molecule has 0 saturated carbocycles. The third kappa shape index (κ3) is 4.42. The van der Waals surface area contributed by atoms with E-state index in [1.807, 2.05) is 0 Å². The largest absolute Gasteiger partial charge is 0.459 e. The predicted octanol–water partition coefficient (Wildman–Crippen LogP) is 4.88. The van der Waals surface area contributed by atoms with Gasteiger partial charge in [-0.2, -0.15) is 0 Å². The Morgan fingerprint density at radius 3 is 2.78 bits per heavy atom. The molecule has 0 radical (unpaired) electrons. The van der Waals surface area contributed by atoms with Crippen LogP contribution in [0.1, 0.15) is 24.4 Å². The Morgan fingerprint density at radius 2 is 2.06 bits per heavy atom. The molecule has 1 aromatic carbocycles. The Hall–Kier alpha value is -3.85.